The lowest BCUT2D eigenvalue weighted by Gasteiger charge is -2.41. The van der Waals surface area contributed by atoms with Crippen molar-refractivity contribution in [1.29, 1.82) is 0 Å². The van der Waals surface area contributed by atoms with E-state index in [0.29, 0.717) is 22.7 Å². The Morgan fingerprint density at radius 1 is 0.929 bits per heavy atom. The van der Waals surface area contributed by atoms with E-state index in [-0.39, 0.29) is 5.91 Å². The smallest absolute Gasteiger partial charge is 0.313 e. The average molecular weight is 392 g/mol. The van der Waals surface area contributed by atoms with Crippen LogP contribution in [0.5, 0.6) is 0 Å². The summed E-state index contributed by atoms with van der Waals surface area (Å²) < 4.78 is 0. The number of carboxylic acid groups (broad SMARTS) is 1. The second-order valence-corrected chi connectivity index (χ2v) is 7.25. The third-order valence-corrected chi connectivity index (χ3v) is 5.36. The molecule has 0 saturated heterocycles. The van der Waals surface area contributed by atoms with Gasteiger partial charge in [0.25, 0.3) is 5.91 Å². The van der Waals surface area contributed by atoms with Gasteiger partial charge < -0.3 is 10.0 Å². The molecule has 2 atom stereocenters. The molecule has 1 N–H and O–H groups in total. The zero-order valence-electron chi connectivity index (χ0n) is 15.0. The van der Waals surface area contributed by atoms with Crippen LogP contribution in [0.3, 0.4) is 0 Å². The number of aliphatic carboxylic acids is 1. The first-order valence-electron chi connectivity index (χ1n) is 8.98. The van der Waals surface area contributed by atoms with Gasteiger partial charge in [-0.15, -0.1) is 0 Å². The quantitative estimate of drug-likeness (QED) is 0.687. The Kier molecular flexibility index (Phi) is 4.88. The Balaban J connectivity index is 1.88. The number of carboxylic acids is 1. The van der Waals surface area contributed by atoms with E-state index in [1.54, 1.807) is 53.4 Å². The number of carbonyl (C=O) groups excluding carboxylic acids is 1. The normalized spacial score (nSPS) is 18.6. The second-order valence-electron chi connectivity index (χ2n) is 6.82. The number of benzene rings is 3. The summed E-state index contributed by atoms with van der Waals surface area (Å²) in [4.78, 5) is 27.3. The fourth-order valence-electron chi connectivity index (χ4n) is 3.84. The van der Waals surface area contributed by atoms with E-state index in [4.69, 9.17) is 11.6 Å². The maximum absolute atomic E-state index is 13.3. The van der Waals surface area contributed by atoms with E-state index in [1.807, 2.05) is 30.3 Å². The number of amides is 1. The Morgan fingerprint density at radius 3 is 2.25 bits per heavy atom. The van der Waals surface area contributed by atoms with Crippen LogP contribution in [-0.4, -0.2) is 21.9 Å². The molecule has 1 heterocycles. The Hall–Kier alpha value is -3.11. The standard InChI is InChI=1S/C23H18ClNO3/c24-17-12-10-16(11-13-17)21-20(23(27)28)18-8-4-5-9-19(18)22(26)25(21)14-15-6-2-1-3-7-15/h1-13,20-21H,14H2,(H,27,28)/t20-,21-/m1/s1. The number of halogens is 1. The van der Waals surface area contributed by atoms with E-state index in [0.717, 1.165) is 11.1 Å². The number of fused-ring (bicyclic) bond motifs is 1. The molecule has 0 bridgehead atoms. The molecule has 3 aromatic carbocycles. The topological polar surface area (TPSA) is 57.6 Å². The molecule has 5 heteroatoms. The summed E-state index contributed by atoms with van der Waals surface area (Å²) in [5.74, 6) is -1.99. The summed E-state index contributed by atoms with van der Waals surface area (Å²) in [5.41, 5.74) is 2.68. The number of rotatable bonds is 4. The van der Waals surface area contributed by atoms with Crippen LogP contribution >= 0.6 is 11.6 Å². The number of nitrogens with zero attached hydrogens (tertiary/aromatic N) is 1. The van der Waals surface area contributed by atoms with E-state index >= 15 is 0 Å². The Labute approximate surface area is 168 Å². The lowest BCUT2D eigenvalue weighted by atomic mass is 9.79. The predicted molar refractivity (Wildman–Crippen MR) is 107 cm³/mol. The minimum Gasteiger partial charge on any atom is -0.481 e. The fourth-order valence-corrected chi connectivity index (χ4v) is 3.97. The molecule has 0 radical (unpaired) electrons. The minimum atomic E-state index is -0.960. The summed E-state index contributed by atoms with van der Waals surface area (Å²) in [6, 6.07) is 23.0. The maximum Gasteiger partial charge on any atom is 0.313 e. The summed E-state index contributed by atoms with van der Waals surface area (Å²) in [6.07, 6.45) is 0. The van der Waals surface area contributed by atoms with Crippen LogP contribution in [0.1, 0.15) is 39.0 Å². The second kappa shape index (κ2) is 7.49. The summed E-state index contributed by atoms with van der Waals surface area (Å²) >= 11 is 6.03. The van der Waals surface area contributed by atoms with Crippen molar-refractivity contribution in [2.45, 2.75) is 18.5 Å². The molecule has 0 spiro atoms. The first-order valence-corrected chi connectivity index (χ1v) is 9.36. The van der Waals surface area contributed by atoms with Gasteiger partial charge in [-0.3, -0.25) is 9.59 Å². The predicted octanol–water partition coefficient (Wildman–Crippen LogP) is 4.91. The average Bonchev–Trinajstić information content (AvgIpc) is 2.71. The lowest BCUT2D eigenvalue weighted by Crippen LogP contribution is -2.44. The van der Waals surface area contributed by atoms with Gasteiger partial charge in [-0.25, -0.2) is 0 Å². The van der Waals surface area contributed by atoms with Crippen molar-refractivity contribution < 1.29 is 14.7 Å². The molecular formula is C23H18ClNO3. The van der Waals surface area contributed by atoms with Crippen LogP contribution in [0.2, 0.25) is 5.02 Å². The van der Waals surface area contributed by atoms with Gasteiger partial charge in [0.05, 0.1) is 6.04 Å². The van der Waals surface area contributed by atoms with E-state index in [2.05, 4.69) is 0 Å². The molecule has 0 aromatic heterocycles. The first-order chi connectivity index (χ1) is 13.6. The van der Waals surface area contributed by atoms with Crippen LogP contribution in [0.4, 0.5) is 0 Å². The molecule has 140 valence electrons. The van der Waals surface area contributed by atoms with Crippen molar-refractivity contribution in [3.05, 3.63) is 106 Å². The summed E-state index contributed by atoms with van der Waals surface area (Å²) in [6.45, 7) is 0.324. The fraction of sp³-hybridized carbons (Fsp3) is 0.130. The van der Waals surface area contributed by atoms with Gasteiger partial charge in [-0.1, -0.05) is 72.3 Å². The minimum absolute atomic E-state index is 0.170. The SMILES string of the molecule is O=C(O)[C@@H]1c2ccccc2C(=O)N(Cc2ccccc2)[C@@H]1c1ccc(Cl)cc1. The number of carbonyl (C=O) groups is 2. The molecule has 0 saturated carbocycles. The maximum atomic E-state index is 13.3. The Bertz CT molecular complexity index is 1020. The van der Waals surface area contributed by atoms with Gasteiger partial charge in [0, 0.05) is 17.1 Å². The molecule has 4 nitrogen and oxygen atoms in total. The van der Waals surface area contributed by atoms with Crippen LogP contribution in [-0.2, 0) is 11.3 Å². The van der Waals surface area contributed by atoms with E-state index < -0.39 is 17.9 Å². The zero-order valence-corrected chi connectivity index (χ0v) is 15.7. The third kappa shape index (κ3) is 3.27. The van der Waals surface area contributed by atoms with E-state index in [1.165, 1.54) is 0 Å². The van der Waals surface area contributed by atoms with Crippen LogP contribution in [0.25, 0.3) is 0 Å². The molecule has 1 aliphatic heterocycles. The third-order valence-electron chi connectivity index (χ3n) is 5.11. The van der Waals surface area contributed by atoms with Gasteiger partial charge >= 0.3 is 5.97 Å². The monoisotopic (exact) mass is 391 g/mol. The Morgan fingerprint density at radius 2 is 1.57 bits per heavy atom. The van der Waals surface area contributed by atoms with Crippen molar-refractivity contribution in [2.24, 2.45) is 0 Å². The highest BCUT2D eigenvalue weighted by Gasteiger charge is 2.44. The van der Waals surface area contributed by atoms with Crippen molar-refractivity contribution in [2.75, 3.05) is 0 Å². The number of hydrogen-bond donors (Lipinski definition) is 1. The van der Waals surface area contributed by atoms with Crippen LogP contribution in [0, 0.1) is 0 Å². The molecule has 3 aromatic rings. The van der Waals surface area contributed by atoms with Crippen molar-refractivity contribution in [1.82, 2.24) is 4.90 Å². The molecule has 0 fully saturated rings. The van der Waals surface area contributed by atoms with E-state index in [9.17, 15) is 14.7 Å². The zero-order chi connectivity index (χ0) is 19.7. The van der Waals surface area contributed by atoms with Crippen LogP contribution in [0.15, 0.2) is 78.9 Å². The molecule has 1 aliphatic rings. The summed E-state index contributed by atoms with van der Waals surface area (Å²) in [7, 11) is 0. The van der Waals surface area contributed by atoms with Crippen LogP contribution < -0.4 is 0 Å². The highest BCUT2D eigenvalue weighted by atomic mass is 35.5. The first kappa shape index (κ1) is 18.3. The molecule has 1 amide bonds. The van der Waals surface area contributed by atoms with Crippen molar-refractivity contribution in [3.8, 4) is 0 Å². The van der Waals surface area contributed by atoms with Crippen molar-refractivity contribution in [3.63, 3.8) is 0 Å². The molecule has 28 heavy (non-hydrogen) atoms. The van der Waals surface area contributed by atoms with Gasteiger partial charge in [-0.2, -0.15) is 0 Å². The highest BCUT2D eigenvalue weighted by molar-refractivity contribution is 6.30. The van der Waals surface area contributed by atoms with Gasteiger partial charge in [-0.05, 0) is 34.9 Å². The number of hydrogen-bond acceptors (Lipinski definition) is 2. The van der Waals surface area contributed by atoms with Gasteiger partial charge in [0.15, 0.2) is 0 Å². The summed E-state index contributed by atoms with van der Waals surface area (Å²) in [5, 5.41) is 10.6. The molecule has 0 aliphatic carbocycles. The van der Waals surface area contributed by atoms with Crippen molar-refractivity contribution >= 4 is 23.5 Å². The largest absolute Gasteiger partial charge is 0.481 e. The molecule has 4 rings (SSSR count). The van der Waals surface area contributed by atoms with Gasteiger partial charge in [0.1, 0.15) is 5.92 Å². The molecular weight excluding hydrogens is 374 g/mol. The van der Waals surface area contributed by atoms with Gasteiger partial charge in [0.2, 0.25) is 0 Å². The highest BCUT2D eigenvalue weighted by Crippen LogP contribution is 2.43. The lowest BCUT2D eigenvalue weighted by molar-refractivity contribution is -0.140. The molecule has 0 unspecified atom stereocenters.